The van der Waals surface area contributed by atoms with Crippen LogP contribution in [0.3, 0.4) is 0 Å². The molecule has 28 heavy (non-hydrogen) atoms. The minimum Gasteiger partial charge on any atom is -0.497 e. The van der Waals surface area contributed by atoms with Gasteiger partial charge in [-0.1, -0.05) is 37.3 Å². The minimum absolute atomic E-state index is 0.0676. The zero-order valence-corrected chi connectivity index (χ0v) is 16.4. The minimum atomic E-state index is -0.410. The summed E-state index contributed by atoms with van der Waals surface area (Å²) in [4.78, 5) is 17.1. The summed E-state index contributed by atoms with van der Waals surface area (Å²) in [5.41, 5.74) is 1.96. The number of para-hydroxylation sites is 1. The standard InChI is InChI=1S/C22H25N3O3/c1-4-16-8-5-6-11-19(16)28-15-20(26)24-21(22-23-12-13-25(22)2)17-9-7-10-18(14-17)27-3/h5-14,21H,4,15H2,1-3H3,(H,24,26). The zero-order valence-electron chi connectivity index (χ0n) is 16.4. The van der Waals surface area contributed by atoms with Crippen LogP contribution < -0.4 is 14.8 Å². The van der Waals surface area contributed by atoms with E-state index in [1.807, 2.05) is 66.3 Å². The van der Waals surface area contributed by atoms with Crippen LogP contribution in [0.4, 0.5) is 0 Å². The molecule has 0 saturated heterocycles. The molecule has 3 aromatic rings. The summed E-state index contributed by atoms with van der Waals surface area (Å²) in [6.07, 6.45) is 4.41. The van der Waals surface area contributed by atoms with Gasteiger partial charge in [0.1, 0.15) is 23.4 Å². The molecule has 1 amide bonds. The fourth-order valence-electron chi connectivity index (χ4n) is 3.06. The average molecular weight is 379 g/mol. The Balaban J connectivity index is 1.77. The van der Waals surface area contributed by atoms with Gasteiger partial charge in [-0.05, 0) is 35.7 Å². The number of hydrogen-bond donors (Lipinski definition) is 1. The Kier molecular flexibility index (Phi) is 6.32. The Morgan fingerprint density at radius 2 is 2.04 bits per heavy atom. The van der Waals surface area contributed by atoms with Crippen molar-refractivity contribution in [2.24, 2.45) is 7.05 Å². The van der Waals surface area contributed by atoms with Gasteiger partial charge in [0, 0.05) is 19.4 Å². The molecule has 1 heterocycles. The number of aryl methyl sites for hydroxylation is 2. The molecule has 0 radical (unpaired) electrons. The molecular weight excluding hydrogens is 354 g/mol. The second kappa shape index (κ2) is 9.08. The van der Waals surface area contributed by atoms with E-state index in [1.165, 1.54) is 0 Å². The molecule has 1 atom stereocenters. The molecule has 0 spiro atoms. The first-order chi connectivity index (χ1) is 13.6. The molecule has 0 aliphatic rings. The second-order valence-electron chi connectivity index (χ2n) is 6.42. The first-order valence-corrected chi connectivity index (χ1v) is 9.23. The van der Waals surface area contributed by atoms with Gasteiger partial charge in [-0.3, -0.25) is 4.79 Å². The number of methoxy groups -OCH3 is 1. The van der Waals surface area contributed by atoms with Gasteiger partial charge in [-0.25, -0.2) is 4.98 Å². The summed E-state index contributed by atoms with van der Waals surface area (Å²) in [6, 6.07) is 14.9. The third-order valence-electron chi connectivity index (χ3n) is 4.56. The average Bonchev–Trinajstić information content (AvgIpc) is 3.16. The third-order valence-corrected chi connectivity index (χ3v) is 4.56. The van der Waals surface area contributed by atoms with E-state index in [9.17, 15) is 4.79 Å². The smallest absolute Gasteiger partial charge is 0.258 e. The maximum atomic E-state index is 12.7. The number of hydrogen-bond acceptors (Lipinski definition) is 4. The van der Waals surface area contributed by atoms with Crippen LogP contribution >= 0.6 is 0 Å². The first kappa shape index (κ1) is 19.5. The number of rotatable bonds is 8. The second-order valence-corrected chi connectivity index (χ2v) is 6.42. The van der Waals surface area contributed by atoms with Gasteiger partial charge < -0.3 is 19.4 Å². The highest BCUT2D eigenvalue weighted by molar-refractivity contribution is 5.78. The quantitative estimate of drug-likeness (QED) is 0.652. The molecule has 0 aliphatic carbocycles. The van der Waals surface area contributed by atoms with Crippen molar-refractivity contribution >= 4 is 5.91 Å². The SMILES string of the molecule is CCc1ccccc1OCC(=O)NC(c1cccc(OC)c1)c1nccn1C. The highest BCUT2D eigenvalue weighted by Gasteiger charge is 2.21. The number of imidazole rings is 1. The van der Waals surface area contributed by atoms with Crippen molar-refractivity contribution in [1.82, 2.24) is 14.9 Å². The molecule has 1 aromatic heterocycles. The Bertz CT molecular complexity index is 936. The zero-order chi connectivity index (χ0) is 19.9. The van der Waals surface area contributed by atoms with Crippen LogP contribution in [0.5, 0.6) is 11.5 Å². The lowest BCUT2D eigenvalue weighted by molar-refractivity contribution is -0.123. The number of carbonyl (C=O) groups is 1. The van der Waals surface area contributed by atoms with Gasteiger partial charge in [0.25, 0.3) is 5.91 Å². The number of aromatic nitrogens is 2. The van der Waals surface area contributed by atoms with Crippen LogP contribution in [0.15, 0.2) is 60.9 Å². The summed E-state index contributed by atoms with van der Waals surface area (Å²) in [6.45, 7) is 1.99. The van der Waals surface area contributed by atoms with Crippen LogP contribution in [0, 0.1) is 0 Å². The third kappa shape index (κ3) is 4.52. The fraction of sp³-hybridized carbons (Fsp3) is 0.273. The molecule has 1 unspecified atom stereocenters. The largest absolute Gasteiger partial charge is 0.497 e. The molecule has 3 rings (SSSR count). The summed E-state index contributed by atoms with van der Waals surface area (Å²) in [5.74, 6) is 1.96. The van der Waals surface area contributed by atoms with E-state index in [0.29, 0.717) is 0 Å². The molecule has 0 bridgehead atoms. The van der Waals surface area contributed by atoms with Crippen molar-refractivity contribution < 1.29 is 14.3 Å². The van der Waals surface area contributed by atoms with E-state index in [1.54, 1.807) is 13.3 Å². The van der Waals surface area contributed by atoms with Crippen molar-refractivity contribution in [2.45, 2.75) is 19.4 Å². The van der Waals surface area contributed by atoms with Gasteiger partial charge in [0.15, 0.2) is 6.61 Å². The van der Waals surface area contributed by atoms with Crippen molar-refractivity contribution in [3.63, 3.8) is 0 Å². The number of carbonyl (C=O) groups excluding carboxylic acids is 1. The Morgan fingerprint density at radius 1 is 1.21 bits per heavy atom. The normalized spacial score (nSPS) is 11.7. The molecule has 146 valence electrons. The highest BCUT2D eigenvalue weighted by Crippen LogP contribution is 2.24. The lowest BCUT2D eigenvalue weighted by atomic mass is 10.1. The first-order valence-electron chi connectivity index (χ1n) is 9.23. The van der Waals surface area contributed by atoms with Crippen LogP contribution in [0.1, 0.15) is 29.9 Å². The van der Waals surface area contributed by atoms with Crippen LogP contribution in [0.2, 0.25) is 0 Å². The van der Waals surface area contributed by atoms with Gasteiger partial charge >= 0.3 is 0 Å². The van der Waals surface area contributed by atoms with E-state index < -0.39 is 6.04 Å². The van der Waals surface area contributed by atoms with Crippen LogP contribution in [-0.4, -0.2) is 29.2 Å². The van der Waals surface area contributed by atoms with Gasteiger partial charge in [0.05, 0.1) is 7.11 Å². The Labute approximate surface area is 165 Å². The van der Waals surface area contributed by atoms with Crippen molar-refractivity contribution in [3.8, 4) is 11.5 Å². The molecule has 1 N–H and O–H groups in total. The number of ether oxygens (including phenoxy) is 2. The van der Waals surface area contributed by atoms with Gasteiger partial charge in [0.2, 0.25) is 0 Å². The predicted octanol–water partition coefficient (Wildman–Crippen LogP) is 3.28. The molecule has 0 saturated carbocycles. The molecule has 6 heteroatoms. The number of benzene rings is 2. The van der Waals surface area contributed by atoms with Crippen LogP contribution in [0.25, 0.3) is 0 Å². The Hall–Kier alpha value is -3.28. The molecule has 2 aromatic carbocycles. The monoisotopic (exact) mass is 379 g/mol. The highest BCUT2D eigenvalue weighted by atomic mass is 16.5. The summed E-state index contributed by atoms with van der Waals surface area (Å²) < 4.78 is 13.0. The van der Waals surface area contributed by atoms with Crippen molar-refractivity contribution in [3.05, 3.63) is 77.9 Å². The Morgan fingerprint density at radius 3 is 2.75 bits per heavy atom. The number of nitrogens with zero attached hydrogens (tertiary/aromatic N) is 2. The topological polar surface area (TPSA) is 65.4 Å². The molecule has 0 aliphatic heterocycles. The van der Waals surface area contributed by atoms with Crippen LogP contribution in [-0.2, 0) is 18.3 Å². The summed E-state index contributed by atoms with van der Waals surface area (Å²) >= 11 is 0. The maximum Gasteiger partial charge on any atom is 0.258 e. The molecule has 6 nitrogen and oxygen atoms in total. The molecular formula is C22H25N3O3. The van der Waals surface area contributed by atoms with E-state index in [-0.39, 0.29) is 12.5 Å². The van der Waals surface area contributed by atoms with E-state index >= 15 is 0 Å². The number of nitrogens with one attached hydrogen (secondary N) is 1. The maximum absolute atomic E-state index is 12.7. The van der Waals surface area contributed by atoms with E-state index in [2.05, 4.69) is 17.2 Å². The van der Waals surface area contributed by atoms with Gasteiger partial charge in [-0.15, -0.1) is 0 Å². The fourth-order valence-corrected chi connectivity index (χ4v) is 3.06. The number of amides is 1. The van der Waals surface area contributed by atoms with E-state index in [4.69, 9.17) is 9.47 Å². The predicted molar refractivity (Wildman–Crippen MR) is 108 cm³/mol. The summed E-state index contributed by atoms with van der Waals surface area (Å²) in [5, 5.41) is 3.03. The van der Waals surface area contributed by atoms with E-state index in [0.717, 1.165) is 34.9 Å². The van der Waals surface area contributed by atoms with Gasteiger partial charge in [-0.2, -0.15) is 0 Å². The lowest BCUT2D eigenvalue weighted by Gasteiger charge is -2.20. The lowest BCUT2D eigenvalue weighted by Crippen LogP contribution is -2.34. The summed E-state index contributed by atoms with van der Waals surface area (Å²) in [7, 11) is 3.52. The molecule has 0 fully saturated rings. The van der Waals surface area contributed by atoms with Crippen molar-refractivity contribution in [1.29, 1.82) is 0 Å². The van der Waals surface area contributed by atoms with Crippen molar-refractivity contribution in [2.75, 3.05) is 13.7 Å².